The van der Waals surface area contributed by atoms with Crippen molar-refractivity contribution in [2.45, 2.75) is 34.1 Å². The third-order valence-corrected chi connectivity index (χ3v) is 3.04. The van der Waals surface area contributed by atoms with Gasteiger partial charge in [-0.3, -0.25) is 4.79 Å². The molecule has 0 N–H and O–H groups in total. The molecule has 1 aliphatic rings. The molecule has 1 fully saturated rings. The van der Waals surface area contributed by atoms with Gasteiger partial charge < -0.3 is 4.74 Å². The summed E-state index contributed by atoms with van der Waals surface area (Å²) in [6.07, 6.45) is 0.574. The van der Waals surface area contributed by atoms with Gasteiger partial charge in [-0.05, 0) is 24.6 Å². The Labute approximate surface area is 78.3 Å². The predicted octanol–water partition coefficient (Wildman–Crippen LogP) is 2.31. The first-order valence-electron chi connectivity index (χ1n) is 4.02. The topological polar surface area (TPSA) is 26.3 Å². The molecule has 0 saturated carbocycles. The summed E-state index contributed by atoms with van der Waals surface area (Å²) in [7, 11) is 0. The van der Waals surface area contributed by atoms with E-state index in [4.69, 9.17) is 17.0 Å². The monoisotopic (exact) mass is 186 g/mol. The zero-order chi connectivity index (χ0) is 9.57. The first-order chi connectivity index (χ1) is 5.27. The van der Waals surface area contributed by atoms with Gasteiger partial charge in [0, 0.05) is 6.42 Å². The highest BCUT2D eigenvalue weighted by molar-refractivity contribution is 7.80. The van der Waals surface area contributed by atoms with Crippen LogP contribution < -0.4 is 0 Å². The Morgan fingerprint density at radius 1 is 1.50 bits per heavy atom. The summed E-state index contributed by atoms with van der Waals surface area (Å²) in [5.41, 5.74) is -0.533. The number of rotatable bonds is 0. The van der Waals surface area contributed by atoms with Crippen molar-refractivity contribution in [3.8, 4) is 0 Å². The number of carbonyl (C=O) groups is 1. The molecule has 68 valence electrons. The van der Waals surface area contributed by atoms with Gasteiger partial charge in [-0.25, -0.2) is 0 Å². The van der Waals surface area contributed by atoms with Gasteiger partial charge in [0.1, 0.15) is 0 Å². The van der Waals surface area contributed by atoms with Gasteiger partial charge in [-0.1, -0.05) is 20.8 Å². The summed E-state index contributed by atoms with van der Waals surface area (Å²) in [5.74, 6) is -0.181. The highest BCUT2D eigenvalue weighted by Crippen LogP contribution is 2.46. The largest absolute Gasteiger partial charge is 0.419 e. The second-order valence-corrected chi connectivity index (χ2v) is 4.98. The zero-order valence-corrected chi connectivity index (χ0v) is 8.75. The third kappa shape index (κ3) is 1.26. The number of hydrogen-bond donors (Lipinski definition) is 0. The molecule has 1 atom stereocenters. The van der Waals surface area contributed by atoms with Crippen molar-refractivity contribution in [3.63, 3.8) is 0 Å². The minimum absolute atomic E-state index is 0.0926. The molecule has 1 rings (SSSR count). The maximum absolute atomic E-state index is 11.4. The van der Waals surface area contributed by atoms with Gasteiger partial charge in [0.2, 0.25) is 0 Å². The molecule has 0 spiro atoms. The maximum atomic E-state index is 11.4. The SMILES string of the molecule is CC(C)(C)C1(C)CC(=S)OC1=O. The van der Waals surface area contributed by atoms with Gasteiger partial charge in [0.15, 0.2) is 5.05 Å². The van der Waals surface area contributed by atoms with Gasteiger partial charge >= 0.3 is 5.97 Å². The molecule has 1 aliphatic heterocycles. The summed E-state index contributed by atoms with van der Waals surface area (Å²) >= 11 is 4.87. The minimum atomic E-state index is -0.440. The van der Waals surface area contributed by atoms with Crippen LogP contribution in [-0.4, -0.2) is 11.0 Å². The van der Waals surface area contributed by atoms with E-state index in [9.17, 15) is 4.79 Å². The van der Waals surface area contributed by atoms with Crippen LogP contribution in [0.1, 0.15) is 34.1 Å². The van der Waals surface area contributed by atoms with Crippen molar-refractivity contribution in [1.29, 1.82) is 0 Å². The summed E-state index contributed by atoms with van der Waals surface area (Å²) in [6, 6.07) is 0. The van der Waals surface area contributed by atoms with Gasteiger partial charge in [-0.2, -0.15) is 0 Å². The lowest BCUT2D eigenvalue weighted by Gasteiger charge is -2.33. The lowest BCUT2D eigenvalue weighted by atomic mass is 9.67. The van der Waals surface area contributed by atoms with E-state index in [0.29, 0.717) is 11.5 Å². The fourth-order valence-electron chi connectivity index (χ4n) is 1.18. The Kier molecular flexibility index (Phi) is 2.03. The molecule has 1 saturated heterocycles. The van der Waals surface area contributed by atoms with Crippen LogP contribution in [0.4, 0.5) is 0 Å². The molecule has 1 heterocycles. The molecule has 0 aromatic carbocycles. The van der Waals surface area contributed by atoms with Crippen molar-refractivity contribution in [2.24, 2.45) is 10.8 Å². The van der Waals surface area contributed by atoms with Crippen LogP contribution in [0.3, 0.4) is 0 Å². The van der Waals surface area contributed by atoms with Crippen LogP contribution in [0.2, 0.25) is 0 Å². The number of thiocarbonyl (C=S) groups is 1. The molecule has 0 amide bonds. The fourth-order valence-corrected chi connectivity index (χ4v) is 1.55. The molecule has 0 radical (unpaired) electrons. The Balaban J connectivity index is 3.00. The van der Waals surface area contributed by atoms with Gasteiger partial charge in [0.25, 0.3) is 0 Å². The molecular formula is C9H14O2S. The van der Waals surface area contributed by atoms with E-state index < -0.39 is 5.41 Å². The summed E-state index contributed by atoms with van der Waals surface area (Å²) in [5, 5.41) is 0.428. The van der Waals surface area contributed by atoms with Gasteiger partial charge in [0.05, 0.1) is 5.41 Å². The Morgan fingerprint density at radius 3 is 2.17 bits per heavy atom. The van der Waals surface area contributed by atoms with Crippen LogP contribution in [0.25, 0.3) is 0 Å². The molecule has 1 unspecified atom stereocenters. The van der Waals surface area contributed by atoms with Crippen LogP contribution in [0.5, 0.6) is 0 Å². The Hall–Kier alpha value is -0.440. The van der Waals surface area contributed by atoms with Crippen molar-refractivity contribution in [2.75, 3.05) is 0 Å². The molecule has 12 heavy (non-hydrogen) atoms. The van der Waals surface area contributed by atoms with Crippen LogP contribution >= 0.6 is 12.2 Å². The van der Waals surface area contributed by atoms with Crippen molar-refractivity contribution in [1.82, 2.24) is 0 Å². The van der Waals surface area contributed by atoms with Gasteiger partial charge in [-0.15, -0.1) is 0 Å². The van der Waals surface area contributed by atoms with Crippen LogP contribution in [-0.2, 0) is 9.53 Å². The number of carbonyl (C=O) groups excluding carboxylic acids is 1. The molecule has 0 aromatic rings. The number of ether oxygens (including phenoxy) is 1. The standard InChI is InChI=1S/C9H14O2S/c1-8(2,3)9(4)5-6(12)11-7(9)10/h5H2,1-4H3. The molecular weight excluding hydrogens is 172 g/mol. The molecule has 0 aromatic heterocycles. The van der Waals surface area contributed by atoms with E-state index in [1.54, 1.807) is 0 Å². The maximum Gasteiger partial charge on any atom is 0.318 e. The van der Waals surface area contributed by atoms with E-state index >= 15 is 0 Å². The first kappa shape index (κ1) is 9.65. The first-order valence-corrected chi connectivity index (χ1v) is 4.43. The second kappa shape index (κ2) is 2.52. The summed E-state index contributed by atoms with van der Waals surface area (Å²) in [4.78, 5) is 11.4. The summed E-state index contributed by atoms with van der Waals surface area (Å²) < 4.78 is 4.90. The minimum Gasteiger partial charge on any atom is -0.419 e. The van der Waals surface area contributed by atoms with Crippen molar-refractivity contribution < 1.29 is 9.53 Å². The molecule has 0 bridgehead atoms. The predicted molar refractivity (Wildman–Crippen MR) is 50.9 cm³/mol. The quantitative estimate of drug-likeness (QED) is 0.429. The van der Waals surface area contributed by atoms with E-state index in [1.165, 1.54) is 0 Å². The Bertz CT molecular complexity index is 239. The highest BCUT2D eigenvalue weighted by atomic mass is 32.1. The van der Waals surface area contributed by atoms with E-state index in [1.807, 2.05) is 27.7 Å². The fraction of sp³-hybridized carbons (Fsp3) is 0.778. The number of cyclic esters (lactones) is 1. The zero-order valence-electron chi connectivity index (χ0n) is 7.93. The molecule has 0 aliphatic carbocycles. The van der Waals surface area contributed by atoms with Crippen molar-refractivity contribution in [3.05, 3.63) is 0 Å². The smallest absolute Gasteiger partial charge is 0.318 e. The summed E-state index contributed by atoms with van der Waals surface area (Å²) in [6.45, 7) is 8.00. The third-order valence-electron chi connectivity index (χ3n) is 2.81. The second-order valence-electron chi connectivity index (χ2n) is 4.52. The highest BCUT2D eigenvalue weighted by Gasteiger charge is 2.51. The van der Waals surface area contributed by atoms with E-state index in [2.05, 4.69) is 0 Å². The molecule has 2 nitrogen and oxygen atoms in total. The average Bonchev–Trinajstić information content (AvgIpc) is 2.06. The van der Waals surface area contributed by atoms with Crippen LogP contribution in [0.15, 0.2) is 0 Å². The number of hydrogen-bond acceptors (Lipinski definition) is 3. The molecule has 3 heteroatoms. The number of esters is 1. The normalized spacial score (nSPS) is 30.7. The average molecular weight is 186 g/mol. The lowest BCUT2D eigenvalue weighted by Crippen LogP contribution is -2.36. The Morgan fingerprint density at radius 2 is 2.00 bits per heavy atom. The van der Waals surface area contributed by atoms with E-state index in [-0.39, 0.29) is 11.4 Å². The van der Waals surface area contributed by atoms with Crippen molar-refractivity contribution >= 4 is 23.2 Å². The lowest BCUT2D eigenvalue weighted by molar-refractivity contribution is -0.147. The van der Waals surface area contributed by atoms with Crippen LogP contribution in [0, 0.1) is 10.8 Å². The van der Waals surface area contributed by atoms with E-state index in [0.717, 1.165) is 0 Å².